The second-order valence-corrected chi connectivity index (χ2v) is 2.95. The Morgan fingerprint density at radius 2 is 2.25 bits per heavy atom. The average molecular weight is 185 g/mol. The summed E-state index contributed by atoms with van der Waals surface area (Å²) in [6.07, 6.45) is 0. The first-order valence-corrected chi connectivity index (χ1v) is 3.93. The van der Waals surface area contributed by atoms with Crippen molar-refractivity contribution in [3.05, 3.63) is 34.3 Å². The molecule has 1 rings (SSSR count). The molecule has 0 spiro atoms. The van der Waals surface area contributed by atoms with Gasteiger partial charge < -0.3 is 5.11 Å². The van der Waals surface area contributed by atoms with Crippen molar-refractivity contribution in [1.29, 1.82) is 0 Å². The van der Waals surface area contributed by atoms with Crippen molar-refractivity contribution in [2.75, 3.05) is 0 Å². The zero-order chi connectivity index (χ0) is 9.14. The van der Waals surface area contributed by atoms with Crippen LogP contribution in [0.25, 0.3) is 0 Å². The van der Waals surface area contributed by atoms with Crippen LogP contribution >= 0.6 is 11.6 Å². The SMILES string of the molecule is CC(=O)c1ccc(Cl)cc1CO. The van der Waals surface area contributed by atoms with Gasteiger partial charge in [0.15, 0.2) is 5.78 Å². The third-order valence-corrected chi connectivity index (χ3v) is 1.85. The predicted octanol–water partition coefficient (Wildman–Crippen LogP) is 2.03. The number of halogens is 1. The highest BCUT2D eigenvalue weighted by atomic mass is 35.5. The van der Waals surface area contributed by atoms with Gasteiger partial charge in [0, 0.05) is 10.6 Å². The average Bonchev–Trinajstić information content (AvgIpc) is 2.03. The zero-order valence-electron chi connectivity index (χ0n) is 6.67. The van der Waals surface area contributed by atoms with Crippen LogP contribution in [0.2, 0.25) is 5.02 Å². The van der Waals surface area contributed by atoms with Gasteiger partial charge in [0.25, 0.3) is 0 Å². The molecule has 0 saturated carbocycles. The maximum atomic E-state index is 11.0. The molecule has 0 aromatic heterocycles. The summed E-state index contributed by atoms with van der Waals surface area (Å²) >= 11 is 5.68. The van der Waals surface area contributed by atoms with E-state index in [0.717, 1.165) is 0 Å². The standard InChI is InChI=1S/C9H9ClO2/c1-6(12)9-3-2-8(10)4-7(9)5-11/h2-4,11H,5H2,1H3. The molecule has 0 saturated heterocycles. The number of carbonyl (C=O) groups excluding carboxylic acids is 1. The summed E-state index contributed by atoms with van der Waals surface area (Å²) in [5.74, 6) is -0.0595. The first-order valence-electron chi connectivity index (χ1n) is 3.55. The number of aliphatic hydroxyl groups is 1. The van der Waals surface area contributed by atoms with E-state index in [1.165, 1.54) is 6.92 Å². The van der Waals surface area contributed by atoms with Gasteiger partial charge in [0.05, 0.1) is 6.61 Å². The highest BCUT2D eigenvalue weighted by Gasteiger charge is 2.05. The van der Waals surface area contributed by atoms with E-state index < -0.39 is 0 Å². The Bertz CT molecular complexity index is 307. The van der Waals surface area contributed by atoms with Crippen LogP contribution < -0.4 is 0 Å². The highest BCUT2D eigenvalue weighted by molar-refractivity contribution is 6.30. The molecular weight excluding hydrogens is 176 g/mol. The molecule has 0 heterocycles. The number of hydrogen-bond acceptors (Lipinski definition) is 2. The molecule has 0 unspecified atom stereocenters. The number of Topliss-reactive ketones (excluding diaryl/α,β-unsaturated/α-hetero) is 1. The molecule has 12 heavy (non-hydrogen) atoms. The van der Waals surface area contributed by atoms with Crippen LogP contribution in [0.15, 0.2) is 18.2 Å². The minimum atomic E-state index is -0.157. The summed E-state index contributed by atoms with van der Waals surface area (Å²) in [5, 5.41) is 9.41. The van der Waals surface area contributed by atoms with E-state index in [2.05, 4.69) is 0 Å². The van der Waals surface area contributed by atoms with E-state index >= 15 is 0 Å². The maximum Gasteiger partial charge on any atom is 0.160 e. The Morgan fingerprint density at radius 1 is 1.58 bits per heavy atom. The van der Waals surface area contributed by atoms with Crippen molar-refractivity contribution >= 4 is 17.4 Å². The summed E-state index contributed by atoms with van der Waals surface area (Å²) in [4.78, 5) is 11.0. The fraction of sp³-hybridized carbons (Fsp3) is 0.222. The fourth-order valence-corrected chi connectivity index (χ4v) is 1.23. The minimum Gasteiger partial charge on any atom is -0.392 e. The molecule has 1 aromatic carbocycles. The van der Waals surface area contributed by atoms with Crippen LogP contribution in [-0.2, 0) is 6.61 Å². The minimum absolute atomic E-state index is 0.0595. The van der Waals surface area contributed by atoms with Crippen LogP contribution in [0.3, 0.4) is 0 Å². The Hall–Kier alpha value is -0.860. The van der Waals surface area contributed by atoms with Crippen molar-refractivity contribution in [3.63, 3.8) is 0 Å². The van der Waals surface area contributed by atoms with Gasteiger partial charge in [0.1, 0.15) is 0 Å². The van der Waals surface area contributed by atoms with Crippen molar-refractivity contribution in [2.24, 2.45) is 0 Å². The van der Waals surface area contributed by atoms with Crippen LogP contribution in [0.1, 0.15) is 22.8 Å². The first-order chi connectivity index (χ1) is 5.65. The van der Waals surface area contributed by atoms with Crippen molar-refractivity contribution in [2.45, 2.75) is 13.5 Å². The molecule has 0 amide bonds. The molecule has 0 atom stereocenters. The summed E-state index contributed by atoms with van der Waals surface area (Å²) in [6, 6.07) is 4.85. The van der Waals surface area contributed by atoms with Gasteiger partial charge in [-0.3, -0.25) is 4.79 Å². The molecule has 0 aliphatic carbocycles. The summed E-state index contributed by atoms with van der Waals surface area (Å²) in [7, 11) is 0. The molecule has 0 fully saturated rings. The van der Waals surface area contributed by atoms with Gasteiger partial charge >= 0.3 is 0 Å². The third-order valence-electron chi connectivity index (χ3n) is 1.62. The highest BCUT2D eigenvalue weighted by Crippen LogP contribution is 2.16. The van der Waals surface area contributed by atoms with Crippen LogP contribution in [0.5, 0.6) is 0 Å². The van der Waals surface area contributed by atoms with E-state index in [0.29, 0.717) is 16.1 Å². The Morgan fingerprint density at radius 3 is 2.75 bits per heavy atom. The summed E-state index contributed by atoms with van der Waals surface area (Å²) in [6.45, 7) is 1.30. The Kier molecular flexibility index (Phi) is 2.84. The molecule has 64 valence electrons. The Labute approximate surface area is 75.8 Å². The number of aliphatic hydroxyl groups excluding tert-OH is 1. The molecular formula is C9H9ClO2. The predicted molar refractivity (Wildman–Crippen MR) is 47.4 cm³/mol. The molecule has 1 aromatic rings. The van der Waals surface area contributed by atoms with Gasteiger partial charge in [0.2, 0.25) is 0 Å². The van der Waals surface area contributed by atoms with Gasteiger partial charge in [-0.2, -0.15) is 0 Å². The van der Waals surface area contributed by atoms with Crippen molar-refractivity contribution in [3.8, 4) is 0 Å². The number of rotatable bonds is 2. The maximum absolute atomic E-state index is 11.0. The zero-order valence-corrected chi connectivity index (χ0v) is 7.43. The van der Waals surface area contributed by atoms with Gasteiger partial charge in [-0.15, -0.1) is 0 Å². The molecule has 0 aliphatic heterocycles. The number of carbonyl (C=O) groups is 1. The fourth-order valence-electron chi connectivity index (χ4n) is 1.04. The lowest BCUT2D eigenvalue weighted by atomic mass is 10.1. The smallest absolute Gasteiger partial charge is 0.160 e. The molecule has 2 nitrogen and oxygen atoms in total. The summed E-state index contributed by atoms with van der Waals surface area (Å²) < 4.78 is 0. The van der Waals surface area contributed by atoms with Crippen molar-refractivity contribution in [1.82, 2.24) is 0 Å². The van der Waals surface area contributed by atoms with E-state index in [-0.39, 0.29) is 12.4 Å². The van der Waals surface area contributed by atoms with Gasteiger partial charge in [-0.25, -0.2) is 0 Å². The molecule has 0 aliphatic rings. The number of ketones is 1. The second kappa shape index (κ2) is 3.70. The normalized spacial score (nSPS) is 9.92. The van der Waals surface area contributed by atoms with Crippen molar-refractivity contribution < 1.29 is 9.90 Å². The second-order valence-electron chi connectivity index (χ2n) is 2.52. The van der Waals surface area contributed by atoms with E-state index in [4.69, 9.17) is 16.7 Å². The molecule has 1 N–H and O–H groups in total. The first kappa shape index (κ1) is 9.23. The van der Waals surface area contributed by atoms with E-state index in [9.17, 15) is 4.79 Å². The lowest BCUT2D eigenvalue weighted by molar-refractivity contribution is 0.101. The lowest BCUT2D eigenvalue weighted by Gasteiger charge is -2.03. The quantitative estimate of drug-likeness (QED) is 0.715. The van der Waals surface area contributed by atoms with E-state index in [1.807, 2.05) is 0 Å². The summed E-state index contributed by atoms with van der Waals surface area (Å²) in [5.41, 5.74) is 1.11. The number of benzene rings is 1. The third kappa shape index (κ3) is 1.84. The van der Waals surface area contributed by atoms with Gasteiger partial charge in [-0.1, -0.05) is 11.6 Å². The van der Waals surface area contributed by atoms with Gasteiger partial charge in [-0.05, 0) is 30.7 Å². The monoisotopic (exact) mass is 184 g/mol. The molecule has 3 heteroatoms. The molecule has 0 radical (unpaired) electrons. The molecule has 0 bridgehead atoms. The van der Waals surface area contributed by atoms with E-state index in [1.54, 1.807) is 18.2 Å². The topological polar surface area (TPSA) is 37.3 Å². The van der Waals surface area contributed by atoms with Crippen LogP contribution in [-0.4, -0.2) is 10.9 Å². The number of hydrogen-bond donors (Lipinski definition) is 1. The lowest BCUT2D eigenvalue weighted by Crippen LogP contribution is -1.98. The van der Waals surface area contributed by atoms with Crippen LogP contribution in [0, 0.1) is 0 Å². The largest absolute Gasteiger partial charge is 0.392 e. The van der Waals surface area contributed by atoms with Crippen LogP contribution in [0.4, 0.5) is 0 Å². The Balaban J connectivity index is 3.20.